The van der Waals surface area contributed by atoms with Crippen LogP contribution in [0.25, 0.3) is 0 Å². The summed E-state index contributed by atoms with van der Waals surface area (Å²) in [7, 11) is 1.61. The van der Waals surface area contributed by atoms with Crippen molar-refractivity contribution in [2.24, 2.45) is 0 Å². The van der Waals surface area contributed by atoms with E-state index in [9.17, 15) is 9.59 Å². The summed E-state index contributed by atoms with van der Waals surface area (Å²) in [5.41, 5.74) is 1.91. The van der Waals surface area contributed by atoms with Crippen molar-refractivity contribution in [3.63, 3.8) is 0 Å². The van der Waals surface area contributed by atoms with E-state index < -0.39 is 0 Å². The van der Waals surface area contributed by atoms with Crippen LogP contribution >= 0.6 is 0 Å². The number of aromatic nitrogens is 2. The van der Waals surface area contributed by atoms with E-state index in [1.54, 1.807) is 18.2 Å². The molecule has 0 atom stereocenters. The Kier molecular flexibility index (Phi) is 7.56. The summed E-state index contributed by atoms with van der Waals surface area (Å²) >= 11 is 0. The van der Waals surface area contributed by atoms with E-state index in [0.717, 1.165) is 11.3 Å². The number of nitrogens with one attached hydrogen (secondary N) is 1. The molecule has 9 nitrogen and oxygen atoms in total. The first kappa shape index (κ1) is 21.5. The molecule has 0 saturated carbocycles. The van der Waals surface area contributed by atoms with Crippen molar-refractivity contribution >= 4 is 11.8 Å². The van der Waals surface area contributed by atoms with Crippen molar-refractivity contribution in [2.75, 3.05) is 33.6 Å². The van der Waals surface area contributed by atoms with Crippen LogP contribution in [0.4, 0.5) is 0 Å². The molecule has 2 amide bonds. The molecule has 0 aliphatic carbocycles. The molecule has 3 rings (SSSR count). The van der Waals surface area contributed by atoms with Crippen LogP contribution in [-0.2, 0) is 16.1 Å². The summed E-state index contributed by atoms with van der Waals surface area (Å²) in [6, 6.07) is 5.55. The third-order valence-corrected chi connectivity index (χ3v) is 4.60. The van der Waals surface area contributed by atoms with Crippen LogP contribution in [0.15, 0.2) is 30.6 Å². The highest BCUT2D eigenvalue weighted by molar-refractivity contribution is 5.92. The van der Waals surface area contributed by atoms with Gasteiger partial charge in [0.05, 0.1) is 11.9 Å². The van der Waals surface area contributed by atoms with Gasteiger partial charge in [0.2, 0.25) is 12.7 Å². The van der Waals surface area contributed by atoms with Gasteiger partial charge in [-0.25, -0.2) is 4.98 Å². The second-order valence-corrected chi connectivity index (χ2v) is 6.90. The van der Waals surface area contributed by atoms with Crippen molar-refractivity contribution in [2.45, 2.75) is 26.3 Å². The van der Waals surface area contributed by atoms with Gasteiger partial charge in [-0.2, -0.15) is 0 Å². The molecule has 0 saturated heterocycles. The Labute approximate surface area is 175 Å². The van der Waals surface area contributed by atoms with E-state index in [4.69, 9.17) is 14.2 Å². The molecule has 2 aromatic rings. The molecular formula is C21H26N4O5. The van der Waals surface area contributed by atoms with Gasteiger partial charge in [-0.3, -0.25) is 14.6 Å². The van der Waals surface area contributed by atoms with Crippen molar-refractivity contribution in [1.29, 1.82) is 0 Å². The van der Waals surface area contributed by atoms with Crippen LogP contribution in [-0.4, -0.2) is 60.3 Å². The van der Waals surface area contributed by atoms with Crippen LogP contribution in [0.1, 0.15) is 34.6 Å². The zero-order valence-electron chi connectivity index (χ0n) is 17.2. The highest BCUT2D eigenvalue weighted by atomic mass is 16.7. The second-order valence-electron chi connectivity index (χ2n) is 6.90. The molecule has 0 radical (unpaired) electrons. The van der Waals surface area contributed by atoms with Gasteiger partial charge in [0, 0.05) is 46.0 Å². The highest BCUT2D eigenvalue weighted by Crippen LogP contribution is 2.32. The third-order valence-electron chi connectivity index (χ3n) is 4.60. The minimum absolute atomic E-state index is 0.146. The van der Waals surface area contributed by atoms with E-state index in [2.05, 4.69) is 15.3 Å². The van der Waals surface area contributed by atoms with Gasteiger partial charge < -0.3 is 24.4 Å². The fourth-order valence-corrected chi connectivity index (χ4v) is 2.96. The number of carbonyl (C=O) groups excluding carboxylic acids is 2. The van der Waals surface area contributed by atoms with Crippen molar-refractivity contribution in [1.82, 2.24) is 20.2 Å². The lowest BCUT2D eigenvalue weighted by Crippen LogP contribution is -2.36. The number of fused-ring (bicyclic) bond motifs is 1. The first-order valence-electron chi connectivity index (χ1n) is 9.79. The SMILES string of the molecule is COCCCN(CCC(=O)NCc1ccc2c(c1)OCO2)C(=O)c1cnc(C)cn1. The lowest BCUT2D eigenvalue weighted by atomic mass is 10.2. The maximum Gasteiger partial charge on any atom is 0.274 e. The number of aryl methyl sites for hydroxylation is 1. The average molecular weight is 414 g/mol. The van der Waals surface area contributed by atoms with Crippen LogP contribution in [0.3, 0.4) is 0 Å². The maximum atomic E-state index is 12.8. The predicted molar refractivity (Wildman–Crippen MR) is 108 cm³/mol. The Morgan fingerprint density at radius 3 is 2.77 bits per heavy atom. The fourth-order valence-electron chi connectivity index (χ4n) is 2.96. The Bertz CT molecular complexity index is 872. The first-order chi connectivity index (χ1) is 14.6. The normalized spacial score (nSPS) is 11.9. The topological polar surface area (TPSA) is 103 Å². The molecule has 1 aromatic carbocycles. The van der Waals surface area contributed by atoms with Crippen LogP contribution in [0.2, 0.25) is 0 Å². The number of benzene rings is 1. The number of carbonyl (C=O) groups is 2. The third kappa shape index (κ3) is 5.90. The molecule has 9 heteroatoms. The molecule has 1 aromatic heterocycles. The van der Waals surface area contributed by atoms with E-state index in [1.807, 2.05) is 25.1 Å². The van der Waals surface area contributed by atoms with Gasteiger partial charge in [0.1, 0.15) is 5.69 Å². The molecular weight excluding hydrogens is 388 g/mol. The standard InChI is InChI=1S/C21H26N4O5/c1-15-11-23-17(13-22-15)21(27)25(7-3-9-28-2)8-6-20(26)24-12-16-4-5-18-19(10-16)30-14-29-18/h4-5,10-11,13H,3,6-9,12,14H2,1-2H3,(H,24,26). The van der Waals surface area contributed by atoms with Crippen molar-refractivity contribution < 1.29 is 23.8 Å². The van der Waals surface area contributed by atoms with E-state index in [1.165, 1.54) is 6.20 Å². The van der Waals surface area contributed by atoms with Crippen LogP contribution in [0.5, 0.6) is 11.5 Å². The zero-order chi connectivity index (χ0) is 21.3. The van der Waals surface area contributed by atoms with Gasteiger partial charge in [0.15, 0.2) is 11.5 Å². The summed E-state index contributed by atoms with van der Waals surface area (Å²) in [5.74, 6) is 0.986. The smallest absolute Gasteiger partial charge is 0.274 e. The van der Waals surface area contributed by atoms with Gasteiger partial charge in [-0.05, 0) is 31.0 Å². The number of nitrogens with zero attached hydrogens (tertiary/aromatic N) is 3. The number of rotatable bonds is 10. The largest absolute Gasteiger partial charge is 0.454 e. The molecule has 0 spiro atoms. The van der Waals surface area contributed by atoms with Gasteiger partial charge in [0.25, 0.3) is 5.91 Å². The number of amides is 2. The lowest BCUT2D eigenvalue weighted by Gasteiger charge is -2.22. The van der Waals surface area contributed by atoms with Crippen LogP contribution < -0.4 is 14.8 Å². The molecule has 1 aliphatic heterocycles. The molecule has 1 aliphatic rings. The van der Waals surface area contributed by atoms with Crippen molar-refractivity contribution in [3.05, 3.63) is 47.5 Å². The Morgan fingerprint density at radius 1 is 1.17 bits per heavy atom. The van der Waals surface area contributed by atoms with E-state index >= 15 is 0 Å². The fraction of sp³-hybridized carbons (Fsp3) is 0.429. The molecule has 0 fully saturated rings. The maximum absolute atomic E-state index is 12.8. The Hall–Kier alpha value is -3.20. The predicted octanol–water partition coefficient (Wildman–Crippen LogP) is 1.70. The van der Waals surface area contributed by atoms with E-state index in [-0.39, 0.29) is 37.3 Å². The Morgan fingerprint density at radius 2 is 2.00 bits per heavy atom. The monoisotopic (exact) mass is 414 g/mol. The molecule has 160 valence electrons. The second kappa shape index (κ2) is 10.5. The molecule has 1 N–H and O–H groups in total. The number of ether oxygens (including phenoxy) is 3. The summed E-state index contributed by atoms with van der Waals surface area (Å²) in [4.78, 5) is 35.0. The average Bonchev–Trinajstić information content (AvgIpc) is 3.22. The Balaban J connectivity index is 1.52. The number of methoxy groups -OCH3 is 1. The molecule has 0 bridgehead atoms. The molecule has 0 unspecified atom stereocenters. The van der Waals surface area contributed by atoms with Gasteiger partial charge in [-0.1, -0.05) is 6.07 Å². The van der Waals surface area contributed by atoms with Crippen LogP contribution in [0, 0.1) is 6.92 Å². The zero-order valence-corrected chi connectivity index (χ0v) is 17.2. The summed E-state index contributed by atoms with van der Waals surface area (Å²) in [6.07, 6.45) is 3.86. The quantitative estimate of drug-likeness (QED) is 0.590. The molecule has 2 heterocycles. The van der Waals surface area contributed by atoms with Gasteiger partial charge >= 0.3 is 0 Å². The summed E-state index contributed by atoms with van der Waals surface area (Å²) < 4.78 is 15.7. The minimum Gasteiger partial charge on any atom is -0.454 e. The van der Waals surface area contributed by atoms with Gasteiger partial charge in [-0.15, -0.1) is 0 Å². The van der Waals surface area contributed by atoms with Crippen molar-refractivity contribution in [3.8, 4) is 11.5 Å². The number of hydrogen-bond donors (Lipinski definition) is 1. The lowest BCUT2D eigenvalue weighted by molar-refractivity contribution is -0.121. The summed E-state index contributed by atoms with van der Waals surface area (Å²) in [6.45, 7) is 3.67. The first-order valence-corrected chi connectivity index (χ1v) is 9.79. The minimum atomic E-state index is -0.248. The summed E-state index contributed by atoms with van der Waals surface area (Å²) in [5, 5.41) is 2.87. The van der Waals surface area contributed by atoms with E-state index in [0.29, 0.717) is 37.6 Å². The number of hydrogen-bond acceptors (Lipinski definition) is 7. The molecule has 30 heavy (non-hydrogen) atoms. The highest BCUT2D eigenvalue weighted by Gasteiger charge is 2.19.